The van der Waals surface area contributed by atoms with Gasteiger partial charge in [0.15, 0.2) is 0 Å². The normalized spacial score (nSPS) is 20.0. The fraction of sp³-hybridized carbons (Fsp3) is 0.524. The minimum Gasteiger partial charge on any atom is -0.354 e. The van der Waals surface area contributed by atoms with E-state index in [4.69, 9.17) is 0 Å². The molecule has 0 aliphatic carbocycles. The van der Waals surface area contributed by atoms with Crippen molar-refractivity contribution in [2.75, 3.05) is 44.2 Å². The molecule has 9 heteroatoms. The van der Waals surface area contributed by atoms with E-state index in [1.165, 1.54) is 10.4 Å². The van der Waals surface area contributed by atoms with E-state index in [-0.39, 0.29) is 11.9 Å². The topological polar surface area (TPSA) is 69.9 Å². The van der Waals surface area contributed by atoms with Gasteiger partial charge in [0, 0.05) is 49.4 Å². The molecular formula is C21H27N7OS. The summed E-state index contributed by atoms with van der Waals surface area (Å²) in [5, 5.41) is 6.48. The van der Waals surface area contributed by atoms with Crippen LogP contribution in [-0.2, 0) is 11.2 Å². The first-order chi connectivity index (χ1) is 14.6. The molecule has 0 aromatic carbocycles. The van der Waals surface area contributed by atoms with E-state index in [1.54, 1.807) is 10.8 Å². The van der Waals surface area contributed by atoms with Gasteiger partial charge in [-0.2, -0.15) is 14.6 Å². The maximum absolute atomic E-state index is 13.1. The zero-order valence-electron chi connectivity index (χ0n) is 17.5. The van der Waals surface area contributed by atoms with E-state index in [0.717, 1.165) is 57.1 Å². The van der Waals surface area contributed by atoms with Crippen molar-refractivity contribution in [3.05, 3.63) is 40.0 Å². The van der Waals surface area contributed by atoms with E-state index in [0.29, 0.717) is 12.3 Å². The Kier molecular flexibility index (Phi) is 5.16. The van der Waals surface area contributed by atoms with Gasteiger partial charge in [0.25, 0.3) is 5.78 Å². The molecule has 0 N–H and O–H groups in total. The minimum absolute atomic E-state index is 0.231. The summed E-state index contributed by atoms with van der Waals surface area (Å²) in [7, 11) is 0. The first kappa shape index (κ1) is 19.4. The highest BCUT2D eigenvalue weighted by Crippen LogP contribution is 2.35. The number of nitrogens with zero attached hydrogens (tertiary/aromatic N) is 7. The van der Waals surface area contributed by atoms with Gasteiger partial charge in [0.05, 0.1) is 12.6 Å². The fourth-order valence-corrected chi connectivity index (χ4v) is 5.62. The first-order valence-electron chi connectivity index (χ1n) is 10.6. The van der Waals surface area contributed by atoms with E-state index in [9.17, 15) is 4.79 Å². The smallest absolute Gasteiger partial charge is 0.254 e. The summed E-state index contributed by atoms with van der Waals surface area (Å²) in [6, 6.07) is 4.49. The maximum atomic E-state index is 13.1. The highest BCUT2D eigenvalue weighted by Gasteiger charge is 2.31. The van der Waals surface area contributed by atoms with Crippen molar-refractivity contribution in [1.82, 2.24) is 29.4 Å². The van der Waals surface area contributed by atoms with Crippen molar-refractivity contribution >= 4 is 28.8 Å². The Hall–Kier alpha value is -2.52. The van der Waals surface area contributed by atoms with Crippen molar-refractivity contribution in [3.63, 3.8) is 0 Å². The third kappa shape index (κ3) is 3.45. The fourth-order valence-electron chi connectivity index (χ4n) is 4.69. The maximum Gasteiger partial charge on any atom is 0.254 e. The van der Waals surface area contributed by atoms with Gasteiger partial charge < -0.3 is 9.80 Å². The molecule has 1 atom stereocenters. The molecule has 0 radical (unpaired) electrons. The Bertz CT molecular complexity index is 1050. The van der Waals surface area contributed by atoms with Crippen LogP contribution in [0.1, 0.15) is 35.5 Å². The zero-order chi connectivity index (χ0) is 20.7. The number of amides is 1. The van der Waals surface area contributed by atoms with Gasteiger partial charge >= 0.3 is 0 Å². The van der Waals surface area contributed by atoms with Gasteiger partial charge in [-0.1, -0.05) is 6.92 Å². The van der Waals surface area contributed by atoms with Crippen molar-refractivity contribution in [3.8, 4) is 0 Å². The average Bonchev–Trinajstić information content (AvgIpc) is 3.42. The molecule has 30 heavy (non-hydrogen) atoms. The number of piperazine rings is 1. The second-order valence-corrected chi connectivity index (χ2v) is 9.05. The van der Waals surface area contributed by atoms with Gasteiger partial charge in [-0.25, -0.2) is 4.98 Å². The minimum atomic E-state index is 0.231. The molecule has 158 valence electrons. The molecule has 0 saturated carbocycles. The molecule has 3 aromatic heterocycles. The predicted octanol–water partition coefficient (Wildman–Crippen LogP) is 2.15. The van der Waals surface area contributed by atoms with Crippen LogP contribution in [0.5, 0.6) is 0 Å². The van der Waals surface area contributed by atoms with Gasteiger partial charge in [0.2, 0.25) is 5.91 Å². The van der Waals surface area contributed by atoms with Crippen molar-refractivity contribution in [2.45, 2.75) is 32.7 Å². The number of carbonyl (C=O) groups excluding carboxylic acids is 1. The number of anilines is 1. The molecule has 5 rings (SSSR count). The number of carbonyl (C=O) groups is 1. The van der Waals surface area contributed by atoms with Crippen LogP contribution in [0.15, 0.2) is 23.8 Å². The van der Waals surface area contributed by atoms with Gasteiger partial charge in [-0.05, 0) is 36.8 Å². The summed E-state index contributed by atoms with van der Waals surface area (Å²) in [6.45, 7) is 8.93. The molecule has 0 spiro atoms. The van der Waals surface area contributed by atoms with Crippen LogP contribution in [-0.4, -0.2) is 74.6 Å². The first-order valence-corrected chi connectivity index (χ1v) is 11.5. The second kappa shape index (κ2) is 7.96. The highest BCUT2D eigenvalue weighted by atomic mass is 32.1. The highest BCUT2D eigenvalue weighted by molar-refractivity contribution is 7.10. The van der Waals surface area contributed by atoms with Crippen LogP contribution in [0.4, 0.5) is 5.82 Å². The predicted molar refractivity (Wildman–Crippen MR) is 117 cm³/mol. The monoisotopic (exact) mass is 425 g/mol. The van der Waals surface area contributed by atoms with Crippen molar-refractivity contribution < 1.29 is 4.79 Å². The lowest BCUT2D eigenvalue weighted by Crippen LogP contribution is -2.51. The molecule has 1 fully saturated rings. The number of hydrogen-bond acceptors (Lipinski definition) is 7. The Balaban J connectivity index is 1.23. The largest absolute Gasteiger partial charge is 0.354 e. The molecule has 3 aromatic rings. The Morgan fingerprint density at radius 3 is 2.87 bits per heavy atom. The average molecular weight is 426 g/mol. The molecule has 2 aliphatic rings. The second-order valence-electron chi connectivity index (χ2n) is 8.05. The number of thiophene rings is 1. The van der Waals surface area contributed by atoms with Gasteiger partial charge in [-0.15, -0.1) is 11.3 Å². The standard InChI is InChI=1S/C21H27N7OS/c1-3-17-16-5-11-30-18(16)4-6-27(17)20(29)13-25-7-9-26(10-8-25)19-12-15(2)24-21-22-14-23-28(19)21/h5,11-12,14,17H,3-4,6-10,13H2,1-2H3. The SMILES string of the molecule is CCC1c2ccsc2CCN1C(=O)CN1CCN(c2cc(C)nc3ncnn23)CC1. The van der Waals surface area contributed by atoms with Crippen LogP contribution in [0.2, 0.25) is 0 Å². The summed E-state index contributed by atoms with van der Waals surface area (Å²) in [4.78, 5) is 29.9. The molecule has 1 amide bonds. The summed E-state index contributed by atoms with van der Waals surface area (Å²) in [6.07, 6.45) is 3.50. The van der Waals surface area contributed by atoms with Gasteiger partial charge in [-0.3, -0.25) is 9.69 Å². The summed E-state index contributed by atoms with van der Waals surface area (Å²) >= 11 is 1.82. The van der Waals surface area contributed by atoms with E-state index in [1.807, 2.05) is 18.3 Å². The van der Waals surface area contributed by atoms with E-state index in [2.05, 4.69) is 54.2 Å². The van der Waals surface area contributed by atoms with Crippen LogP contribution in [0.3, 0.4) is 0 Å². The van der Waals surface area contributed by atoms with Crippen LogP contribution >= 0.6 is 11.3 Å². The Morgan fingerprint density at radius 1 is 1.23 bits per heavy atom. The number of aromatic nitrogens is 4. The molecule has 2 aliphatic heterocycles. The van der Waals surface area contributed by atoms with Crippen LogP contribution < -0.4 is 4.90 Å². The molecule has 1 unspecified atom stereocenters. The number of hydrogen-bond donors (Lipinski definition) is 0. The zero-order valence-corrected chi connectivity index (χ0v) is 18.3. The van der Waals surface area contributed by atoms with E-state index < -0.39 is 0 Å². The molecule has 5 heterocycles. The summed E-state index contributed by atoms with van der Waals surface area (Å²) < 4.78 is 1.80. The molecule has 0 bridgehead atoms. The lowest BCUT2D eigenvalue weighted by Gasteiger charge is -2.39. The molecule has 1 saturated heterocycles. The van der Waals surface area contributed by atoms with Crippen molar-refractivity contribution in [2.24, 2.45) is 0 Å². The van der Waals surface area contributed by atoms with Crippen molar-refractivity contribution in [1.29, 1.82) is 0 Å². The lowest BCUT2D eigenvalue weighted by atomic mass is 9.97. The molecule has 8 nitrogen and oxygen atoms in total. The van der Waals surface area contributed by atoms with Crippen LogP contribution in [0, 0.1) is 6.92 Å². The summed E-state index contributed by atoms with van der Waals surface area (Å²) in [5.41, 5.74) is 2.29. The third-order valence-corrected chi connectivity index (χ3v) is 7.21. The number of fused-ring (bicyclic) bond motifs is 2. The van der Waals surface area contributed by atoms with Crippen LogP contribution in [0.25, 0.3) is 5.78 Å². The lowest BCUT2D eigenvalue weighted by molar-refractivity contribution is -0.135. The Morgan fingerprint density at radius 2 is 2.07 bits per heavy atom. The Labute approximate surface area is 180 Å². The quantitative estimate of drug-likeness (QED) is 0.638. The summed E-state index contributed by atoms with van der Waals surface area (Å²) in [5.74, 6) is 1.91. The van der Waals surface area contributed by atoms with Gasteiger partial charge in [0.1, 0.15) is 12.1 Å². The van der Waals surface area contributed by atoms with E-state index >= 15 is 0 Å². The third-order valence-electron chi connectivity index (χ3n) is 6.22. The molecular weight excluding hydrogens is 398 g/mol. The number of aryl methyl sites for hydroxylation is 1. The number of rotatable bonds is 4.